The number of rotatable bonds is 3. The van der Waals surface area contributed by atoms with E-state index in [2.05, 4.69) is 10.1 Å². The van der Waals surface area contributed by atoms with Crippen LogP contribution < -0.4 is 5.56 Å². The second-order valence-corrected chi connectivity index (χ2v) is 6.27. The van der Waals surface area contributed by atoms with Crippen LogP contribution in [0.2, 0.25) is 0 Å². The molecule has 2 aromatic heterocycles. The number of aromatic amines is 1. The van der Waals surface area contributed by atoms with Crippen LogP contribution in [-0.4, -0.2) is 19.9 Å². The van der Waals surface area contributed by atoms with Gasteiger partial charge in [-0.05, 0) is 24.3 Å². The predicted octanol–water partition coefficient (Wildman–Crippen LogP) is 3.57. The minimum absolute atomic E-state index is 0.193. The molecule has 0 saturated carbocycles. The number of nitrogens with zero attached hydrogens (tertiary/aromatic N) is 2. The van der Waals surface area contributed by atoms with Crippen molar-refractivity contribution >= 4 is 22.7 Å². The lowest BCUT2D eigenvalue weighted by Crippen LogP contribution is -2.05. The minimum Gasteiger partial charge on any atom is -0.494 e. The Kier molecular flexibility index (Phi) is 3.59. The molecule has 0 aliphatic rings. The van der Waals surface area contributed by atoms with Gasteiger partial charge in [-0.15, -0.1) is 0 Å². The highest BCUT2D eigenvalue weighted by atomic mass is 32.2. The summed E-state index contributed by atoms with van der Waals surface area (Å²) < 4.78 is 1.73. The van der Waals surface area contributed by atoms with E-state index in [1.165, 1.54) is 17.8 Å². The molecule has 0 aliphatic heterocycles. The number of hydrogen-bond donors (Lipinski definition) is 2. The molecule has 0 unspecified atom stereocenters. The van der Waals surface area contributed by atoms with E-state index in [1.54, 1.807) is 4.68 Å². The molecule has 6 heteroatoms. The zero-order valence-electron chi connectivity index (χ0n) is 12.5. The molecule has 0 atom stereocenters. The molecule has 0 saturated heterocycles. The third-order valence-electron chi connectivity index (χ3n) is 3.57. The van der Waals surface area contributed by atoms with Gasteiger partial charge in [-0.1, -0.05) is 48.2 Å². The zero-order valence-corrected chi connectivity index (χ0v) is 13.3. The second-order valence-electron chi connectivity index (χ2n) is 5.21. The SMILES string of the molecule is O=c1[nH]c(O)cc2nn(-c3ccccc3)c(Sc3ccccc3)c12. The standard InChI is InChI=1S/C18H13N3O2S/c22-15-11-14-16(17(23)19-15)18(24-13-9-5-2-6-10-13)21(20-14)12-7-3-1-4-8-12/h1-11,22H,(H,19,23). The van der Waals surface area contributed by atoms with Crippen molar-refractivity contribution in [3.05, 3.63) is 77.1 Å². The van der Waals surface area contributed by atoms with Crippen molar-refractivity contribution in [3.8, 4) is 11.6 Å². The lowest BCUT2D eigenvalue weighted by Gasteiger charge is -2.07. The Morgan fingerprint density at radius 3 is 2.38 bits per heavy atom. The first-order valence-corrected chi connectivity index (χ1v) is 8.17. The Labute approximate surface area is 141 Å². The molecule has 0 fully saturated rings. The fourth-order valence-electron chi connectivity index (χ4n) is 2.52. The van der Waals surface area contributed by atoms with E-state index in [4.69, 9.17) is 0 Å². The Morgan fingerprint density at radius 1 is 1.00 bits per heavy atom. The molecule has 24 heavy (non-hydrogen) atoms. The summed E-state index contributed by atoms with van der Waals surface area (Å²) in [5.74, 6) is -0.193. The summed E-state index contributed by atoms with van der Waals surface area (Å²) in [6.45, 7) is 0. The molecule has 5 nitrogen and oxygen atoms in total. The molecule has 0 bridgehead atoms. The predicted molar refractivity (Wildman–Crippen MR) is 93.9 cm³/mol. The minimum atomic E-state index is -0.356. The number of aromatic hydroxyl groups is 1. The molecule has 0 amide bonds. The largest absolute Gasteiger partial charge is 0.494 e. The fraction of sp³-hybridized carbons (Fsp3) is 0. The molecule has 2 aromatic carbocycles. The van der Waals surface area contributed by atoms with E-state index in [0.29, 0.717) is 15.9 Å². The average Bonchev–Trinajstić information content (AvgIpc) is 2.95. The van der Waals surface area contributed by atoms with Gasteiger partial charge in [0, 0.05) is 11.0 Å². The molecule has 0 radical (unpaired) electrons. The third kappa shape index (κ3) is 2.57. The topological polar surface area (TPSA) is 70.9 Å². The van der Waals surface area contributed by atoms with Crippen LogP contribution in [0, 0.1) is 0 Å². The van der Waals surface area contributed by atoms with Crippen LogP contribution in [0.4, 0.5) is 0 Å². The van der Waals surface area contributed by atoms with Gasteiger partial charge in [0.15, 0.2) is 5.88 Å². The van der Waals surface area contributed by atoms with E-state index in [0.717, 1.165) is 10.6 Å². The Hall–Kier alpha value is -2.99. The van der Waals surface area contributed by atoms with Gasteiger partial charge in [0.05, 0.1) is 5.69 Å². The van der Waals surface area contributed by atoms with Crippen molar-refractivity contribution in [1.29, 1.82) is 0 Å². The lowest BCUT2D eigenvalue weighted by atomic mass is 10.3. The normalized spacial score (nSPS) is 11.0. The number of nitrogens with one attached hydrogen (secondary N) is 1. The lowest BCUT2D eigenvalue weighted by molar-refractivity contribution is 0.453. The summed E-state index contributed by atoms with van der Waals surface area (Å²) >= 11 is 1.46. The van der Waals surface area contributed by atoms with Crippen LogP contribution in [0.15, 0.2) is 81.4 Å². The van der Waals surface area contributed by atoms with Gasteiger partial charge in [0.2, 0.25) is 0 Å². The van der Waals surface area contributed by atoms with E-state index >= 15 is 0 Å². The molecule has 4 rings (SSSR count). The summed E-state index contributed by atoms with van der Waals surface area (Å²) in [5, 5.41) is 15.4. The van der Waals surface area contributed by atoms with Crippen molar-refractivity contribution in [2.24, 2.45) is 0 Å². The summed E-state index contributed by atoms with van der Waals surface area (Å²) in [7, 11) is 0. The van der Waals surface area contributed by atoms with E-state index in [-0.39, 0.29) is 11.4 Å². The molecule has 0 spiro atoms. The van der Waals surface area contributed by atoms with Crippen molar-refractivity contribution in [2.75, 3.05) is 0 Å². The first-order valence-electron chi connectivity index (χ1n) is 7.36. The van der Waals surface area contributed by atoms with Gasteiger partial charge < -0.3 is 5.11 Å². The van der Waals surface area contributed by atoms with Crippen LogP contribution in [0.1, 0.15) is 0 Å². The van der Waals surface area contributed by atoms with Gasteiger partial charge in [-0.3, -0.25) is 9.78 Å². The molecule has 4 aromatic rings. The van der Waals surface area contributed by atoms with Gasteiger partial charge in [0.1, 0.15) is 15.9 Å². The Balaban J connectivity index is 1.99. The highest BCUT2D eigenvalue weighted by Gasteiger charge is 2.18. The van der Waals surface area contributed by atoms with Crippen LogP contribution >= 0.6 is 11.8 Å². The first kappa shape index (κ1) is 14.6. The Bertz CT molecular complexity index is 1060. The second kappa shape index (κ2) is 5.90. The number of aromatic nitrogens is 3. The molecular weight excluding hydrogens is 322 g/mol. The smallest absolute Gasteiger partial charge is 0.263 e. The number of H-pyrrole nitrogens is 1. The van der Waals surface area contributed by atoms with Crippen molar-refractivity contribution in [3.63, 3.8) is 0 Å². The fourth-order valence-corrected chi connectivity index (χ4v) is 3.56. The van der Waals surface area contributed by atoms with Gasteiger partial charge in [-0.25, -0.2) is 4.68 Å². The third-order valence-corrected chi connectivity index (χ3v) is 4.65. The quantitative estimate of drug-likeness (QED) is 0.600. The highest BCUT2D eigenvalue weighted by Crippen LogP contribution is 2.34. The summed E-state index contributed by atoms with van der Waals surface area (Å²) in [6, 6.07) is 20.9. The van der Waals surface area contributed by atoms with Crippen LogP contribution in [0.5, 0.6) is 5.88 Å². The maximum atomic E-state index is 12.4. The van der Waals surface area contributed by atoms with Crippen molar-refractivity contribution < 1.29 is 5.11 Å². The maximum absolute atomic E-state index is 12.4. The van der Waals surface area contributed by atoms with Crippen molar-refractivity contribution in [1.82, 2.24) is 14.8 Å². The molecule has 2 N–H and O–H groups in total. The highest BCUT2D eigenvalue weighted by molar-refractivity contribution is 7.99. The molecule has 118 valence electrons. The van der Waals surface area contributed by atoms with Gasteiger partial charge in [0.25, 0.3) is 5.56 Å². The monoisotopic (exact) mass is 335 g/mol. The van der Waals surface area contributed by atoms with E-state index < -0.39 is 0 Å². The van der Waals surface area contributed by atoms with Gasteiger partial charge >= 0.3 is 0 Å². The van der Waals surface area contributed by atoms with Gasteiger partial charge in [-0.2, -0.15) is 5.10 Å². The number of fused-ring (bicyclic) bond motifs is 1. The number of para-hydroxylation sites is 1. The number of benzene rings is 2. The number of hydrogen-bond acceptors (Lipinski definition) is 4. The molecular formula is C18H13N3O2S. The van der Waals surface area contributed by atoms with Crippen LogP contribution in [-0.2, 0) is 0 Å². The zero-order chi connectivity index (χ0) is 16.5. The van der Waals surface area contributed by atoms with E-state index in [9.17, 15) is 9.90 Å². The summed E-state index contributed by atoms with van der Waals surface area (Å²) in [6.07, 6.45) is 0. The van der Waals surface area contributed by atoms with Crippen molar-refractivity contribution in [2.45, 2.75) is 9.92 Å². The maximum Gasteiger partial charge on any atom is 0.263 e. The number of pyridine rings is 1. The summed E-state index contributed by atoms with van der Waals surface area (Å²) in [4.78, 5) is 15.8. The molecule has 2 heterocycles. The summed E-state index contributed by atoms with van der Waals surface area (Å²) in [5.41, 5.74) is 0.954. The first-order chi connectivity index (χ1) is 11.7. The van der Waals surface area contributed by atoms with Crippen LogP contribution in [0.25, 0.3) is 16.6 Å². The molecule has 0 aliphatic carbocycles. The van der Waals surface area contributed by atoms with Crippen LogP contribution in [0.3, 0.4) is 0 Å². The Morgan fingerprint density at radius 2 is 1.67 bits per heavy atom. The average molecular weight is 335 g/mol. The van der Waals surface area contributed by atoms with E-state index in [1.807, 2.05) is 60.7 Å².